The van der Waals surface area contributed by atoms with E-state index in [2.05, 4.69) is 66.3 Å². The SMILES string of the molecule is C#C.CC1C(Nc2cc(N3CC4CCNC4C3)ccn2)CC2C(C)(C)C23CC13. The Labute approximate surface area is 169 Å². The van der Waals surface area contributed by atoms with Gasteiger partial charge in [-0.3, -0.25) is 0 Å². The highest BCUT2D eigenvalue weighted by Crippen LogP contribution is 2.89. The Kier molecular flexibility index (Phi) is 4.01. The third kappa shape index (κ3) is 2.38. The van der Waals surface area contributed by atoms with Crippen molar-refractivity contribution in [1.82, 2.24) is 10.3 Å². The van der Waals surface area contributed by atoms with Gasteiger partial charge in [0.15, 0.2) is 0 Å². The third-order valence-electron chi connectivity index (χ3n) is 9.23. The van der Waals surface area contributed by atoms with Crippen molar-refractivity contribution in [1.29, 1.82) is 0 Å². The quantitative estimate of drug-likeness (QED) is 0.789. The summed E-state index contributed by atoms with van der Waals surface area (Å²) in [5, 5.41) is 7.50. The summed E-state index contributed by atoms with van der Waals surface area (Å²) in [7, 11) is 0. The molecule has 0 amide bonds. The topological polar surface area (TPSA) is 40.2 Å². The van der Waals surface area contributed by atoms with Gasteiger partial charge in [0.1, 0.15) is 5.82 Å². The molecule has 2 aliphatic heterocycles. The van der Waals surface area contributed by atoms with Crippen LogP contribution in [0.25, 0.3) is 0 Å². The van der Waals surface area contributed by atoms with Crippen molar-refractivity contribution in [3.63, 3.8) is 0 Å². The zero-order chi connectivity index (χ0) is 19.7. The molecule has 1 spiro atoms. The zero-order valence-electron chi connectivity index (χ0n) is 17.5. The Morgan fingerprint density at radius 2 is 2.11 bits per heavy atom. The molecule has 3 aliphatic carbocycles. The molecule has 7 unspecified atom stereocenters. The van der Waals surface area contributed by atoms with Crippen LogP contribution >= 0.6 is 0 Å². The maximum absolute atomic E-state index is 4.67. The van der Waals surface area contributed by atoms with Crippen LogP contribution in [0.3, 0.4) is 0 Å². The summed E-state index contributed by atoms with van der Waals surface area (Å²) in [5.41, 5.74) is 2.65. The highest BCUT2D eigenvalue weighted by molar-refractivity contribution is 5.55. The van der Waals surface area contributed by atoms with Gasteiger partial charge < -0.3 is 15.5 Å². The smallest absolute Gasteiger partial charge is 0.128 e. The monoisotopic (exact) mass is 378 g/mol. The molecule has 2 saturated heterocycles. The number of nitrogens with one attached hydrogen (secondary N) is 2. The average molecular weight is 379 g/mol. The highest BCUT2D eigenvalue weighted by atomic mass is 15.2. The number of hydrogen-bond donors (Lipinski definition) is 2. The van der Waals surface area contributed by atoms with E-state index in [4.69, 9.17) is 0 Å². The molecule has 150 valence electrons. The number of pyridine rings is 1. The molecule has 5 fully saturated rings. The molecule has 4 heteroatoms. The lowest BCUT2D eigenvalue weighted by atomic mass is 9.86. The zero-order valence-corrected chi connectivity index (χ0v) is 17.5. The fourth-order valence-corrected chi connectivity index (χ4v) is 7.49. The summed E-state index contributed by atoms with van der Waals surface area (Å²) in [6, 6.07) is 5.76. The van der Waals surface area contributed by atoms with Crippen molar-refractivity contribution in [3.05, 3.63) is 18.3 Å². The number of hydrogen-bond acceptors (Lipinski definition) is 4. The first-order valence-electron chi connectivity index (χ1n) is 11.0. The van der Waals surface area contributed by atoms with Gasteiger partial charge in [-0.05, 0) is 66.4 Å². The number of anilines is 2. The molecule has 3 saturated carbocycles. The predicted molar refractivity (Wildman–Crippen MR) is 115 cm³/mol. The standard InChI is InChI=1S/C22H32N4.C2H2/c1-13-16-10-22(16)19(21(22,2)3)9-17(13)25-20-8-15(5-7-24-20)26-11-14-4-6-23-18(14)12-26;1-2/h5,7-8,13-14,16-19,23H,4,6,9-12H2,1-3H3,(H,24,25);1-2H. The van der Waals surface area contributed by atoms with Crippen LogP contribution in [0, 0.1) is 47.3 Å². The van der Waals surface area contributed by atoms with Crippen LogP contribution in [0.4, 0.5) is 11.5 Å². The van der Waals surface area contributed by atoms with Gasteiger partial charge in [0, 0.05) is 43.1 Å². The van der Waals surface area contributed by atoms with Gasteiger partial charge in [0.2, 0.25) is 0 Å². The minimum atomic E-state index is 0.581. The Morgan fingerprint density at radius 3 is 2.89 bits per heavy atom. The van der Waals surface area contributed by atoms with E-state index < -0.39 is 0 Å². The fraction of sp³-hybridized carbons (Fsp3) is 0.708. The Morgan fingerprint density at radius 1 is 1.29 bits per heavy atom. The summed E-state index contributed by atoms with van der Waals surface area (Å²) in [6.07, 6.45) is 14.1. The fourth-order valence-electron chi connectivity index (χ4n) is 7.49. The molecule has 6 rings (SSSR count). The lowest BCUT2D eigenvalue weighted by molar-refractivity contribution is 0.321. The van der Waals surface area contributed by atoms with Crippen molar-refractivity contribution < 1.29 is 0 Å². The molecule has 0 bridgehead atoms. The van der Waals surface area contributed by atoms with Crippen LogP contribution in [0.1, 0.15) is 40.0 Å². The summed E-state index contributed by atoms with van der Waals surface area (Å²) in [4.78, 5) is 7.22. The lowest BCUT2D eigenvalue weighted by Crippen LogP contribution is -2.33. The normalized spacial score (nSPS) is 43.8. The molecule has 2 N–H and O–H groups in total. The van der Waals surface area contributed by atoms with E-state index in [1.165, 1.54) is 38.0 Å². The van der Waals surface area contributed by atoms with E-state index in [0.29, 0.717) is 17.5 Å². The van der Waals surface area contributed by atoms with Crippen molar-refractivity contribution in [3.8, 4) is 12.8 Å². The van der Waals surface area contributed by atoms with Gasteiger partial charge in [-0.25, -0.2) is 4.98 Å². The van der Waals surface area contributed by atoms with Gasteiger partial charge >= 0.3 is 0 Å². The van der Waals surface area contributed by atoms with Crippen LogP contribution in [-0.4, -0.2) is 36.7 Å². The van der Waals surface area contributed by atoms with E-state index in [1.54, 1.807) is 0 Å². The molecule has 3 heterocycles. The third-order valence-corrected chi connectivity index (χ3v) is 9.23. The maximum atomic E-state index is 4.67. The second-order valence-electron chi connectivity index (χ2n) is 10.4. The summed E-state index contributed by atoms with van der Waals surface area (Å²) in [5.74, 6) is 4.56. The van der Waals surface area contributed by atoms with E-state index >= 15 is 0 Å². The van der Waals surface area contributed by atoms with E-state index in [-0.39, 0.29) is 0 Å². The van der Waals surface area contributed by atoms with Crippen molar-refractivity contribution in [2.45, 2.75) is 52.1 Å². The molecule has 7 atom stereocenters. The Hall–Kier alpha value is -1.73. The van der Waals surface area contributed by atoms with Gasteiger partial charge in [-0.15, -0.1) is 12.8 Å². The van der Waals surface area contributed by atoms with Crippen LogP contribution in [0.5, 0.6) is 0 Å². The second kappa shape index (κ2) is 6.13. The first kappa shape index (κ1) is 18.3. The Balaban J connectivity index is 0.000000829. The second-order valence-corrected chi connectivity index (χ2v) is 10.4. The molecule has 0 aromatic carbocycles. The van der Waals surface area contributed by atoms with Crippen molar-refractivity contribution in [2.24, 2.45) is 34.5 Å². The summed E-state index contributed by atoms with van der Waals surface area (Å²) >= 11 is 0. The van der Waals surface area contributed by atoms with Gasteiger partial charge in [-0.2, -0.15) is 0 Å². The van der Waals surface area contributed by atoms with Crippen molar-refractivity contribution >= 4 is 11.5 Å². The summed E-state index contributed by atoms with van der Waals surface area (Å²) < 4.78 is 0. The van der Waals surface area contributed by atoms with Crippen LogP contribution in [0.15, 0.2) is 18.3 Å². The summed E-state index contributed by atoms with van der Waals surface area (Å²) in [6.45, 7) is 11.0. The van der Waals surface area contributed by atoms with E-state index in [1.807, 2.05) is 6.20 Å². The van der Waals surface area contributed by atoms with Crippen LogP contribution < -0.4 is 15.5 Å². The minimum absolute atomic E-state index is 0.581. The predicted octanol–water partition coefficient (Wildman–Crippen LogP) is 3.61. The first-order chi connectivity index (χ1) is 13.5. The van der Waals surface area contributed by atoms with Gasteiger partial charge in [-0.1, -0.05) is 20.8 Å². The minimum Gasteiger partial charge on any atom is -0.369 e. The average Bonchev–Trinajstić information content (AvgIpc) is 3.34. The molecule has 5 aliphatic rings. The number of nitrogens with zero attached hydrogens (tertiary/aromatic N) is 2. The van der Waals surface area contributed by atoms with Crippen molar-refractivity contribution in [2.75, 3.05) is 29.9 Å². The molecular weight excluding hydrogens is 344 g/mol. The van der Waals surface area contributed by atoms with Gasteiger partial charge in [0.25, 0.3) is 0 Å². The number of aromatic nitrogens is 1. The highest BCUT2D eigenvalue weighted by Gasteiger charge is 2.84. The lowest BCUT2D eigenvalue weighted by Gasteiger charge is -2.30. The number of terminal acetylenes is 1. The molecular formula is C24H34N4. The first-order valence-corrected chi connectivity index (χ1v) is 11.0. The molecule has 4 nitrogen and oxygen atoms in total. The number of rotatable bonds is 3. The Bertz CT molecular complexity index is 774. The molecule has 1 aromatic heterocycles. The molecule has 1 aromatic rings. The van der Waals surface area contributed by atoms with Crippen LogP contribution in [-0.2, 0) is 0 Å². The molecule has 0 radical (unpaired) electrons. The number of fused-ring (bicyclic) bond motifs is 1. The maximum Gasteiger partial charge on any atom is 0.128 e. The van der Waals surface area contributed by atoms with Crippen LogP contribution in [0.2, 0.25) is 0 Å². The van der Waals surface area contributed by atoms with Gasteiger partial charge in [0.05, 0.1) is 0 Å². The largest absolute Gasteiger partial charge is 0.369 e. The van der Waals surface area contributed by atoms with E-state index in [0.717, 1.165) is 41.4 Å². The van der Waals surface area contributed by atoms with E-state index in [9.17, 15) is 0 Å². The molecule has 28 heavy (non-hydrogen) atoms.